The number of hydrogen-bond acceptors (Lipinski definition) is 2. The molecule has 0 fully saturated rings. The second-order valence-electron chi connectivity index (χ2n) is 3.55. The van der Waals surface area contributed by atoms with Crippen LogP contribution in [0.15, 0.2) is 24.3 Å². The van der Waals surface area contributed by atoms with E-state index in [0.29, 0.717) is 0 Å². The Morgan fingerprint density at radius 2 is 1.11 bits per heavy atom. The molecule has 18 heavy (non-hydrogen) atoms. The minimum atomic E-state index is -1.19. The molecule has 2 rings (SSSR count). The Hall–Kier alpha value is -1.78. The number of aromatic carboxylic acids is 2. The summed E-state index contributed by atoms with van der Waals surface area (Å²) in [7, 11) is 0. The molecule has 0 saturated heterocycles. The third-order valence-electron chi connectivity index (χ3n) is 2.52. The SMILES string of the molecule is O=C(O)c1ccc(Cl)c2c(C(=O)O)ccc(Cl)c12. The van der Waals surface area contributed by atoms with E-state index in [9.17, 15) is 9.59 Å². The molecule has 0 atom stereocenters. The van der Waals surface area contributed by atoms with Crippen molar-refractivity contribution in [2.45, 2.75) is 0 Å². The van der Waals surface area contributed by atoms with Gasteiger partial charge in [0, 0.05) is 20.8 Å². The van der Waals surface area contributed by atoms with Crippen molar-refractivity contribution < 1.29 is 19.8 Å². The van der Waals surface area contributed by atoms with Crippen LogP contribution in [-0.2, 0) is 0 Å². The van der Waals surface area contributed by atoms with Crippen molar-refractivity contribution >= 4 is 45.9 Å². The van der Waals surface area contributed by atoms with Crippen molar-refractivity contribution in [2.24, 2.45) is 0 Å². The number of fused-ring (bicyclic) bond motifs is 1. The van der Waals surface area contributed by atoms with Gasteiger partial charge in [0.05, 0.1) is 11.1 Å². The van der Waals surface area contributed by atoms with Crippen LogP contribution >= 0.6 is 23.2 Å². The van der Waals surface area contributed by atoms with Crippen LogP contribution in [0.1, 0.15) is 20.7 Å². The van der Waals surface area contributed by atoms with Gasteiger partial charge in [-0.15, -0.1) is 0 Å². The predicted octanol–water partition coefficient (Wildman–Crippen LogP) is 3.54. The first kappa shape index (κ1) is 12.7. The minimum absolute atomic E-state index is 0.0810. The summed E-state index contributed by atoms with van der Waals surface area (Å²) in [6.07, 6.45) is 0. The van der Waals surface area contributed by atoms with Crippen molar-refractivity contribution in [3.63, 3.8) is 0 Å². The van der Waals surface area contributed by atoms with Crippen LogP contribution in [0.5, 0.6) is 0 Å². The Morgan fingerprint density at radius 3 is 1.39 bits per heavy atom. The average molecular weight is 285 g/mol. The second kappa shape index (κ2) is 4.48. The van der Waals surface area contributed by atoms with Crippen molar-refractivity contribution in [1.82, 2.24) is 0 Å². The number of halogens is 2. The van der Waals surface area contributed by atoms with Gasteiger partial charge in [-0.25, -0.2) is 9.59 Å². The zero-order valence-corrected chi connectivity index (χ0v) is 10.3. The number of hydrogen-bond donors (Lipinski definition) is 2. The number of benzene rings is 2. The largest absolute Gasteiger partial charge is 0.478 e. The summed E-state index contributed by atoms with van der Waals surface area (Å²) in [6.45, 7) is 0. The van der Waals surface area contributed by atoms with Crippen LogP contribution in [0.3, 0.4) is 0 Å². The molecule has 2 aromatic carbocycles. The molecular weight excluding hydrogens is 279 g/mol. The molecule has 0 amide bonds. The maximum absolute atomic E-state index is 11.1. The van der Waals surface area contributed by atoms with Gasteiger partial charge in [-0.3, -0.25) is 0 Å². The molecule has 0 aromatic heterocycles. The van der Waals surface area contributed by atoms with Gasteiger partial charge in [0.2, 0.25) is 0 Å². The molecule has 0 bridgehead atoms. The number of rotatable bonds is 2. The third kappa shape index (κ3) is 1.89. The lowest BCUT2D eigenvalue weighted by Gasteiger charge is -2.09. The fourth-order valence-electron chi connectivity index (χ4n) is 1.77. The van der Waals surface area contributed by atoms with Crippen LogP contribution in [0, 0.1) is 0 Å². The van der Waals surface area contributed by atoms with Crippen LogP contribution in [-0.4, -0.2) is 22.2 Å². The topological polar surface area (TPSA) is 74.6 Å². The van der Waals surface area contributed by atoms with Gasteiger partial charge in [0.25, 0.3) is 0 Å². The molecule has 0 aliphatic carbocycles. The predicted molar refractivity (Wildman–Crippen MR) is 67.9 cm³/mol. The van der Waals surface area contributed by atoms with Gasteiger partial charge in [0.15, 0.2) is 0 Å². The summed E-state index contributed by atoms with van der Waals surface area (Å²) < 4.78 is 0. The fourth-order valence-corrected chi connectivity index (χ4v) is 2.29. The number of carbonyl (C=O) groups is 2. The molecule has 0 heterocycles. The second-order valence-corrected chi connectivity index (χ2v) is 4.36. The lowest BCUT2D eigenvalue weighted by Crippen LogP contribution is -2.03. The first-order valence-electron chi connectivity index (χ1n) is 4.80. The molecule has 2 N–H and O–H groups in total. The molecule has 6 heteroatoms. The van der Waals surface area contributed by atoms with E-state index in [-0.39, 0.29) is 31.9 Å². The standard InChI is InChI=1S/C12H6Cl2O4/c13-7-3-1-5(11(15)16)9-8(14)4-2-6(10(7)9)12(17)18/h1-4H,(H,15,16)(H,17,18). The van der Waals surface area contributed by atoms with Crippen LogP contribution in [0.2, 0.25) is 10.0 Å². The molecule has 0 saturated carbocycles. The van der Waals surface area contributed by atoms with E-state index < -0.39 is 11.9 Å². The highest BCUT2D eigenvalue weighted by molar-refractivity contribution is 6.42. The van der Waals surface area contributed by atoms with Gasteiger partial charge in [0.1, 0.15) is 0 Å². The van der Waals surface area contributed by atoms with Crippen molar-refractivity contribution in [3.05, 3.63) is 45.4 Å². The van der Waals surface area contributed by atoms with E-state index in [1.807, 2.05) is 0 Å². The maximum Gasteiger partial charge on any atom is 0.336 e. The summed E-state index contributed by atoms with van der Waals surface area (Å²) >= 11 is 11.9. The highest BCUT2D eigenvalue weighted by atomic mass is 35.5. The van der Waals surface area contributed by atoms with Crippen LogP contribution in [0.25, 0.3) is 10.8 Å². The number of carboxylic acids is 2. The van der Waals surface area contributed by atoms with E-state index in [1.165, 1.54) is 24.3 Å². The van der Waals surface area contributed by atoms with E-state index in [1.54, 1.807) is 0 Å². The van der Waals surface area contributed by atoms with Gasteiger partial charge in [-0.1, -0.05) is 23.2 Å². The average Bonchev–Trinajstić information content (AvgIpc) is 2.29. The van der Waals surface area contributed by atoms with Crippen molar-refractivity contribution in [1.29, 1.82) is 0 Å². The Kier molecular flexibility index (Phi) is 3.15. The Bertz CT molecular complexity index is 620. The van der Waals surface area contributed by atoms with Gasteiger partial charge in [-0.2, -0.15) is 0 Å². The lowest BCUT2D eigenvalue weighted by atomic mass is 10.00. The summed E-state index contributed by atoms with van der Waals surface area (Å²) in [6, 6.07) is 5.28. The van der Waals surface area contributed by atoms with Crippen molar-refractivity contribution in [2.75, 3.05) is 0 Å². The first-order chi connectivity index (χ1) is 8.43. The third-order valence-corrected chi connectivity index (χ3v) is 3.15. The highest BCUT2D eigenvalue weighted by Crippen LogP contribution is 2.34. The van der Waals surface area contributed by atoms with Gasteiger partial charge in [-0.05, 0) is 24.3 Å². The normalized spacial score (nSPS) is 10.6. The molecule has 0 unspecified atom stereocenters. The van der Waals surface area contributed by atoms with Crippen LogP contribution in [0.4, 0.5) is 0 Å². The molecule has 0 aliphatic rings. The molecule has 4 nitrogen and oxygen atoms in total. The molecule has 92 valence electrons. The van der Waals surface area contributed by atoms with Gasteiger partial charge < -0.3 is 10.2 Å². The van der Waals surface area contributed by atoms with Crippen molar-refractivity contribution in [3.8, 4) is 0 Å². The van der Waals surface area contributed by atoms with E-state index in [4.69, 9.17) is 33.4 Å². The zero-order valence-electron chi connectivity index (χ0n) is 8.78. The molecule has 0 aliphatic heterocycles. The zero-order chi connectivity index (χ0) is 13.4. The van der Waals surface area contributed by atoms with E-state index in [0.717, 1.165) is 0 Å². The van der Waals surface area contributed by atoms with Crippen LogP contribution < -0.4 is 0 Å². The summed E-state index contributed by atoms with van der Waals surface area (Å²) in [5.41, 5.74) is -0.162. The summed E-state index contributed by atoms with van der Waals surface area (Å²) in [5.74, 6) is -2.39. The van der Waals surface area contributed by atoms with E-state index in [2.05, 4.69) is 0 Å². The Morgan fingerprint density at radius 1 is 0.778 bits per heavy atom. The smallest absolute Gasteiger partial charge is 0.336 e. The molecule has 0 spiro atoms. The molecule has 0 radical (unpaired) electrons. The first-order valence-corrected chi connectivity index (χ1v) is 5.56. The fraction of sp³-hybridized carbons (Fsp3) is 0. The highest BCUT2D eigenvalue weighted by Gasteiger charge is 2.19. The summed E-state index contributed by atoms with van der Waals surface area (Å²) in [5, 5.41) is 18.7. The summed E-state index contributed by atoms with van der Waals surface area (Å²) in [4.78, 5) is 22.2. The number of carboxylic acid groups (broad SMARTS) is 2. The van der Waals surface area contributed by atoms with Gasteiger partial charge >= 0.3 is 11.9 Å². The maximum atomic E-state index is 11.1. The van der Waals surface area contributed by atoms with E-state index >= 15 is 0 Å². The Balaban J connectivity index is 3.04. The monoisotopic (exact) mass is 284 g/mol. The molecule has 2 aromatic rings. The minimum Gasteiger partial charge on any atom is -0.478 e. The Labute approximate surface area is 111 Å². The molecular formula is C12H6Cl2O4. The lowest BCUT2D eigenvalue weighted by molar-refractivity contribution is 0.0686. The quantitative estimate of drug-likeness (QED) is 0.884.